The maximum Gasteiger partial charge on any atom is 0.244 e. The van der Waals surface area contributed by atoms with E-state index in [1.54, 1.807) is 7.11 Å². The first-order valence-corrected chi connectivity index (χ1v) is 6.35. The van der Waals surface area contributed by atoms with Crippen LogP contribution in [0, 0.1) is 0 Å². The van der Waals surface area contributed by atoms with Gasteiger partial charge in [0.05, 0.1) is 6.42 Å². The van der Waals surface area contributed by atoms with Gasteiger partial charge in [-0.25, -0.2) is 0 Å². The monoisotopic (exact) mass is 262 g/mol. The molecule has 2 amide bonds. The molecule has 19 heavy (non-hydrogen) atoms. The van der Waals surface area contributed by atoms with Crippen LogP contribution in [-0.2, 0) is 20.7 Å². The minimum absolute atomic E-state index is 0.137. The smallest absolute Gasteiger partial charge is 0.244 e. The van der Waals surface area contributed by atoms with E-state index in [9.17, 15) is 9.59 Å². The average Bonchev–Trinajstić information content (AvgIpc) is 2.42. The standard InChI is InChI=1S/C14H18N2O3/c1-19-13-8-7-11(14(18)16-13)15-12(17)9-10-5-3-2-4-6-10/h2-6,11,13H,7-9H2,1H3,(H,15,17)(H,16,18). The van der Waals surface area contributed by atoms with E-state index in [0.717, 1.165) is 5.56 Å². The number of hydrogen-bond donors (Lipinski definition) is 2. The van der Waals surface area contributed by atoms with Crippen LogP contribution in [0.15, 0.2) is 30.3 Å². The lowest BCUT2D eigenvalue weighted by molar-refractivity contribution is -0.134. The summed E-state index contributed by atoms with van der Waals surface area (Å²) >= 11 is 0. The van der Waals surface area contributed by atoms with Crippen molar-refractivity contribution in [2.45, 2.75) is 31.5 Å². The van der Waals surface area contributed by atoms with Gasteiger partial charge in [-0.1, -0.05) is 30.3 Å². The number of hydrogen-bond acceptors (Lipinski definition) is 3. The lowest BCUT2D eigenvalue weighted by Gasteiger charge is -2.28. The summed E-state index contributed by atoms with van der Waals surface area (Å²) < 4.78 is 5.07. The lowest BCUT2D eigenvalue weighted by Crippen LogP contribution is -2.54. The molecule has 1 aromatic carbocycles. The van der Waals surface area contributed by atoms with Gasteiger partial charge in [-0.05, 0) is 18.4 Å². The van der Waals surface area contributed by atoms with Gasteiger partial charge >= 0.3 is 0 Å². The molecule has 1 saturated heterocycles. The number of rotatable bonds is 4. The van der Waals surface area contributed by atoms with Crippen LogP contribution in [0.2, 0.25) is 0 Å². The second-order valence-electron chi connectivity index (χ2n) is 4.59. The first-order valence-electron chi connectivity index (χ1n) is 6.35. The Balaban J connectivity index is 1.84. The molecule has 0 aromatic heterocycles. The first-order chi connectivity index (χ1) is 9.19. The molecule has 2 rings (SSSR count). The Morgan fingerprint density at radius 2 is 2.11 bits per heavy atom. The number of carbonyl (C=O) groups is 2. The zero-order chi connectivity index (χ0) is 13.7. The molecule has 5 nitrogen and oxygen atoms in total. The van der Waals surface area contributed by atoms with Crippen LogP contribution in [-0.4, -0.2) is 31.2 Å². The van der Waals surface area contributed by atoms with Crippen molar-refractivity contribution in [2.24, 2.45) is 0 Å². The Kier molecular flexibility index (Phi) is 4.52. The Labute approximate surface area is 112 Å². The molecule has 1 aliphatic rings. The zero-order valence-electron chi connectivity index (χ0n) is 10.9. The molecule has 0 spiro atoms. The largest absolute Gasteiger partial charge is 0.362 e. The number of carbonyl (C=O) groups excluding carboxylic acids is 2. The van der Waals surface area contributed by atoms with Gasteiger partial charge in [-0.15, -0.1) is 0 Å². The van der Waals surface area contributed by atoms with Crippen molar-refractivity contribution in [2.75, 3.05) is 7.11 Å². The molecule has 1 aliphatic heterocycles. The van der Waals surface area contributed by atoms with Gasteiger partial charge in [0.15, 0.2) is 0 Å². The van der Waals surface area contributed by atoms with Gasteiger partial charge in [0.2, 0.25) is 11.8 Å². The number of amides is 2. The molecule has 1 fully saturated rings. The maximum absolute atomic E-state index is 11.9. The third kappa shape index (κ3) is 3.79. The van der Waals surface area contributed by atoms with Crippen LogP contribution in [0.1, 0.15) is 18.4 Å². The molecule has 0 aliphatic carbocycles. The minimum atomic E-state index is -0.456. The van der Waals surface area contributed by atoms with Gasteiger partial charge in [-0.3, -0.25) is 9.59 Å². The summed E-state index contributed by atoms with van der Waals surface area (Å²) in [6, 6.07) is 9.00. The summed E-state index contributed by atoms with van der Waals surface area (Å²) in [5.74, 6) is -0.318. The van der Waals surface area contributed by atoms with Crippen molar-refractivity contribution in [3.8, 4) is 0 Å². The van der Waals surface area contributed by atoms with Crippen LogP contribution < -0.4 is 10.6 Å². The predicted molar refractivity (Wildman–Crippen MR) is 70.3 cm³/mol. The zero-order valence-corrected chi connectivity index (χ0v) is 10.9. The summed E-state index contributed by atoms with van der Waals surface area (Å²) in [5, 5.41) is 5.46. The molecule has 0 radical (unpaired) electrons. The van der Waals surface area contributed by atoms with Gasteiger partial charge in [0.25, 0.3) is 0 Å². The van der Waals surface area contributed by atoms with E-state index in [0.29, 0.717) is 19.3 Å². The molecule has 5 heteroatoms. The highest BCUT2D eigenvalue weighted by atomic mass is 16.5. The summed E-state index contributed by atoms with van der Waals surface area (Å²) in [6.07, 6.45) is 1.36. The lowest BCUT2D eigenvalue weighted by atomic mass is 10.0. The van der Waals surface area contributed by atoms with E-state index in [2.05, 4.69) is 10.6 Å². The average molecular weight is 262 g/mol. The highest BCUT2D eigenvalue weighted by Gasteiger charge is 2.28. The fraction of sp³-hybridized carbons (Fsp3) is 0.429. The van der Waals surface area contributed by atoms with Crippen LogP contribution >= 0.6 is 0 Å². The van der Waals surface area contributed by atoms with E-state index in [-0.39, 0.29) is 18.0 Å². The molecule has 2 unspecified atom stereocenters. The third-order valence-corrected chi connectivity index (χ3v) is 3.16. The molecule has 2 atom stereocenters. The number of piperidine rings is 1. The summed E-state index contributed by atoms with van der Waals surface area (Å²) in [5.41, 5.74) is 0.936. The van der Waals surface area contributed by atoms with Crippen LogP contribution in [0.4, 0.5) is 0 Å². The van der Waals surface area contributed by atoms with Crippen molar-refractivity contribution in [3.05, 3.63) is 35.9 Å². The van der Waals surface area contributed by atoms with Gasteiger partial charge in [0.1, 0.15) is 12.3 Å². The molecular weight excluding hydrogens is 244 g/mol. The van der Waals surface area contributed by atoms with E-state index in [1.165, 1.54) is 0 Å². The fourth-order valence-electron chi connectivity index (χ4n) is 2.12. The number of nitrogens with one attached hydrogen (secondary N) is 2. The Hall–Kier alpha value is -1.88. The molecule has 102 valence electrons. The van der Waals surface area contributed by atoms with Crippen LogP contribution in [0.3, 0.4) is 0 Å². The second-order valence-corrected chi connectivity index (χ2v) is 4.59. The number of ether oxygens (including phenoxy) is 1. The highest BCUT2D eigenvalue weighted by molar-refractivity contribution is 5.88. The van der Waals surface area contributed by atoms with Crippen molar-refractivity contribution in [3.63, 3.8) is 0 Å². The fourth-order valence-corrected chi connectivity index (χ4v) is 2.12. The van der Waals surface area contributed by atoms with Crippen LogP contribution in [0.25, 0.3) is 0 Å². The molecule has 1 heterocycles. The summed E-state index contributed by atoms with van der Waals surface area (Å²) in [4.78, 5) is 23.6. The highest BCUT2D eigenvalue weighted by Crippen LogP contribution is 2.10. The Morgan fingerprint density at radius 1 is 1.37 bits per heavy atom. The van der Waals surface area contributed by atoms with Crippen molar-refractivity contribution < 1.29 is 14.3 Å². The first kappa shape index (κ1) is 13.5. The minimum Gasteiger partial charge on any atom is -0.362 e. The SMILES string of the molecule is COC1CCC(NC(=O)Cc2ccccc2)C(=O)N1. The normalized spacial score (nSPS) is 22.7. The second kappa shape index (κ2) is 6.33. The Bertz CT molecular complexity index is 447. The number of benzene rings is 1. The van der Waals surface area contributed by atoms with E-state index in [4.69, 9.17) is 4.74 Å². The molecule has 0 bridgehead atoms. The summed E-state index contributed by atoms with van der Waals surface area (Å²) in [6.45, 7) is 0. The van der Waals surface area contributed by atoms with Crippen LogP contribution in [0.5, 0.6) is 0 Å². The van der Waals surface area contributed by atoms with Crippen molar-refractivity contribution in [1.29, 1.82) is 0 Å². The predicted octanol–water partition coefficient (Wildman–Crippen LogP) is 0.596. The van der Waals surface area contributed by atoms with Crippen molar-refractivity contribution >= 4 is 11.8 Å². The molecular formula is C14H18N2O3. The summed E-state index contributed by atoms with van der Waals surface area (Å²) in [7, 11) is 1.55. The van der Waals surface area contributed by atoms with Crippen molar-refractivity contribution in [1.82, 2.24) is 10.6 Å². The van der Waals surface area contributed by atoms with Gasteiger partial charge in [-0.2, -0.15) is 0 Å². The Morgan fingerprint density at radius 3 is 2.74 bits per heavy atom. The van der Waals surface area contributed by atoms with Gasteiger partial charge in [0, 0.05) is 7.11 Å². The van der Waals surface area contributed by atoms with E-state index < -0.39 is 6.04 Å². The number of methoxy groups -OCH3 is 1. The molecule has 2 N–H and O–H groups in total. The van der Waals surface area contributed by atoms with E-state index in [1.807, 2.05) is 30.3 Å². The molecule has 0 saturated carbocycles. The topological polar surface area (TPSA) is 67.4 Å². The van der Waals surface area contributed by atoms with Gasteiger partial charge < -0.3 is 15.4 Å². The molecule has 1 aromatic rings. The quantitative estimate of drug-likeness (QED) is 0.835. The third-order valence-electron chi connectivity index (χ3n) is 3.16. The van der Waals surface area contributed by atoms with E-state index >= 15 is 0 Å². The maximum atomic E-state index is 11.9.